The summed E-state index contributed by atoms with van der Waals surface area (Å²) in [6.45, 7) is 5.86. The highest BCUT2D eigenvalue weighted by Gasteiger charge is 2.30. The normalized spacial score (nSPS) is 15.7. The first-order valence-corrected chi connectivity index (χ1v) is 9.95. The number of rotatable bonds is 5. The number of methoxy groups -OCH3 is 1. The number of nitrogens with zero attached hydrogens (tertiary/aromatic N) is 2. The first-order chi connectivity index (χ1) is 13.9. The second kappa shape index (κ2) is 10.5. The number of halogens is 1. The second-order valence-electron chi connectivity index (χ2n) is 7.53. The molecule has 0 aromatic heterocycles. The van der Waals surface area contributed by atoms with Gasteiger partial charge in [0.25, 0.3) is 5.91 Å². The molecule has 1 heterocycles. The standard InChI is InChI=1S/C23H29N3O3.ClH/c1-16-9-10-19(15-20(16)29-3)23(28)26-13-11-25(12-14-26)22(27)17(2)21(24)18-7-5-4-6-8-18;/h4-10,15,17,21H,11-14,24H2,1-3H3;1H. The maximum Gasteiger partial charge on any atom is 0.254 e. The van der Waals surface area contributed by atoms with Crippen LogP contribution in [0.1, 0.15) is 34.5 Å². The Morgan fingerprint density at radius 2 is 1.60 bits per heavy atom. The van der Waals surface area contributed by atoms with Crippen molar-refractivity contribution in [2.45, 2.75) is 19.9 Å². The molecule has 0 aliphatic carbocycles. The molecular formula is C23H30ClN3O3. The van der Waals surface area contributed by atoms with Crippen LogP contribution in [0.5, 0.6) is 5.75 Å². The summed E-state index contributed by atoms with van der Waals surface area (Å²) in [5, 5.41) is 0. The summed E-state index contributed by atoms with van der Waals surface area (Å²) in [4.78, 5) is 29.3. The van der Waals surface area contributed by atoms with Gasteiger partial charge in [-0.15, -0.1) is 12.4 Å². The van der Waals surface area contributed by atoms with Crippen LogP contribution in [-0.4, -0.2) is 54.9 Å². The van der Waals surface area contributed by atoms with E-state index in [0.717, 1.165) is 11.1 Å². The van der Waals surface area contributed by atoms with E-state index in [2.05, 4.69) is 0 Å². The van der Waals surface area contributed by atoms with Crippen molar-refractivity contribution in [3.63, 3.8) is 0 Å². The third-order valence-corrected chi connectivity index (χ3v) is 5.65. The molecule has 3 rings (SSSR count). The number of amides is 2. The van der Waals surface area contributed by atoms with Crippen molar-refractivity contribution in [2.24, 2.45) is 11.7 Å². The van der Waals surface area contributed by atoms with Crippen LogP contribution in [0.3, 0.4) is 0 Å². The molecule has 2 amide bonds. The van der Waals surface area contributed by atoms with Crippen LogP contribution in [0.4, 0.5) is 0 Å². The number of hydrogen-bond donors (Lipinski definition) is 1. The summed E-state index contributed by atoms with van der Waals surface area (Å²) in [6, 6.07) is 14.8. The monoisotopic (exact) mass is 431 g/mol. The second-order valence-corrected chi connectivity index (χ2v) is 7.53. The van der Waals surface area contributed by atoms with Crippen molar-refractivity contribution in [3.8, 4) is 5.75 Å². The van der Waals surface area contributed by atoms with Gasteiger partial charge in [0.1, 0.15) is 5.75 Å². The molecule has 2 N–H and O–H groups in total. The molecule has 7 heteroatoms. The summed E-state index contributed by atoms with van der Waals surface area (Å²) in [5.74, 6) is 0.379. The lowest BCUT2D eigenvalue weighted by Crippen LogP contribution is -2.52. The first kappa shape index (κ1) is 23.7. The fraction of sp³-hybridized carbons (Fsp3) is 0.391. The number of piperazine rings is 1. The third kappa shape index (κ3) is 5.12. The first-order valence-electron chi connectivity index (χ1n) is 9.95. The van der Waals surface area contributed by atoms with Crippen molar-refractivity contribution in [1.29, 1.82) is 0 Å². The molecule has 1 saturated heterocycles. The molecular weight excluding hydrogens is 402 g/mol. The summed E-state index contributed by atoms with van der Waals surface area (Å²) in [5.41, 5.74) is 8.86. The van der Waals surface area contributed by atoms with E-state index in [4.69, 9.17) is 10.5 Å². The van der Waals surface area contributed by atoms with Gasteiger partial charge in [0.05, 0.1) is 13.0 Å². The number of benzene rings is 2. The maximum absolute atomic E-state index is 12.9. The Hall–Kier alpha value is -2.57. The fourth-order valence-electron chi connectivity index (χ4n) is 3.67. The highest BCUT2D eigenvalue weighted by molar-refractivity contribution is 5.95. The summed E-state index contributed by atoms with van der Waals surface area (Å²) in [7, 11) is 1.60. The highest BCUT2D eigenvalue weighted by atomic mass is 35.5. The molecule has 2 unspecified atom stereocenters. The smallest absolute Gasteiger partial charge is 0.254 e. The Labute approximate surface area is 184 Å². The molecule has 162 valence electrons. The van der Waals surface area contributed by atoms with Crippen LogP contribution in [0.15, 0.2) is 48.5 Å². The van der Waals surface area contributed by atoms with E-state index < -0.39 is 0 Å². The van der Waals surface area contributed by atoms with Crippen molar-refractivity contribution < 1.29 is 14.3 Å². The minimum absolute atomic E-state index is 0. The summed E-state index contributed by atoms with van der Waals surface area (Å²) < 4.78 is 5.32. The zero-order valence-electron chi connectivity index (χ0n) is 17.7. The van der Waals surface area contributed by atoms with Crippen LogP contribution >= 0.6 is 12.4 Å². The molecule has 1 aliphatic rings. The number of carbonyl (C=O) groups is 2. The number of carbonyl (C=O) groups excluding carboxylic acids is 2. The number of hydrogen-bond acceptors (Lipinski definition) is 4. The lowest BCUT2D eigenvalue weighted by Gasteiger charge is -2.37. The van der Waals surface area contributed by atoms with Crippen LogP contribution < -0.4 is 10.5 Å². The molecule has 0 bridgehead atoms. The maximum atomic E-state index is 12.9. The van der Waals surface area contributed by atoms with Crippen molar-refractivity contribution >= 4 is 24.2 Å². The Morgan fingerprint density at radius 3 is 2.20 bits per heavy atom. The molecule has 0 spiro atoms. The van der Waals surface area contributed by atoms with Gasteiger partial charge in [0, 0.05) is 37.8 Å². The van der Waals surface area contributed by atoms with Gasteiger partial charge in [0.15, 0.2) is 0 Å². The van der Waals surface area contributed by atoms with Gasteiger partial charge in [-0.2, -0.15) is 0 Å². The minimum Gasteiger partial charge on any atom is -0.496 e. The molecule has 1 aliphatic heterocycles. The van der Waals surface area contributed by atoms with Gasteiger partial charge in [-0.05, 0) is 30.2 Å². The van der Waals surface area contributed by atoms with Crippen LogP contribution in [0.2, 0.25) is 0 Å². The van der Waals surface area contributed by atoms with E-state index in [0.29, 0.717) is 37.5 Å². The average Bonchev–Trinajstić information content (AvgIpc) is 2.78. The number of ether oxygens (including phenoxy) is 1. The van der Waals surface area contributed by atoms with E-state index in [1.54, 1.807) is 18.1 Å². The predicted molar refractivity (Wildman–Crippen MR) is 120 cm³/mol. The molecule has 1 fully saturated rings. The minimum atomic E-state index is -0.344. The quantitative estimate of drug-likeness (QED) is 0.789. The van der Waals surface area contributed by atoms with E-state index in [1.165, 1.54) is 0 Å². The number of aryl methyl sites for hydroxylation is 1. The molecule has 2 aromatic carbocycles. The Morgan fingerprint density at radius 1 is 1.00 bits per heavy atom. The van der Waals surface area contributed by atoms with Gasteiger partial charge >= 0.3 is 0 Å². The van der Waals surface area contributed by atoms with Gasteiger partial charge in [0.2, 0.25) is 5.91 Å². The molecule has 2 atom stereocenters. The van der Waals surface area contributed by atoms with E-state index in [9.17, 15) is 9.59 Å². The predicted octanol–water partition coefficient (Wildman–Crippen LogP) is 3.05. The zero-order chi connectivity index (χ0) is 21.0. The van der Waals surface area contributed by atoms with Gasteiger partial charge in [-0.1, -0.05) is 43.3 Å². The average molecular weight is 432 g/mol. The van der Waals surface area contributed by atoms with E-state index in [1.807, 2.05) is 61.2 Å². The van der Waals surface area contributed by atoms with Crippen molar-refractivity contribution in [1.82, 2.24) is 9.80 Å². The topological polar surface area (TPSA) is 75.9 Å². The number of nitrogens with two attached hydrogens (primary N) is 1. The highest BCUT2D eigenvalue weighted by Crippen LogP contribution is 2.23. The molecule has 30 heavy (non-hydrogen) atoms. The molecule has 2 aromatic rings. The van der Waals surface area contributed by atoms with E-state index >= 15 is 0 Å². The largest absolute Gasteiger partial charge is 0.496 e. The molecule has 6 nitrogen and oxygen atoms in total. The third-order valence-electron chi connectivity index (χ3n) is 5.65. The Kier molecular flexibility index (Phi) is 8.26. The van der Waals surface area contributed by atoms with Crippen molar-refractivity contribution in [2.75, 3.05) is 33.3 Å². The molecule has 0 saturated carbocycles. The van der Waals surface area contributed by atoms with Crippen LogP contribution in [-0.2, 0) is 4.79 Å². The van der Waals surface area contributed by atoms with E-state index in [-0.39, 0.29) is 36.2 Å². The Balaban J connectivity index is 0.00000320. The summed E-state index contributed by atoms with van der Waals surface area (Å²) >= 11 is 0. The molecule has 0 radical (unpaired) electrons. The van der Waals surface area contributed by atoms with Crippen LogP contribution in [0, 0.1) is 12.8 Å². The Bertz CT molecular complexity index is 867. The van der Waals surface area contributed by atoms with Crippen LogP contribution in [0.25, 0.3) is 0 Å². The van der Waals surface area contributed by atoms with Gasteiger partial charge in [-0.25, -0.2) is 0 Å². The van der Waals surface area contributed by atoms with Crippen molar-refractivity contribution in [3.05, 3.63) is 65.2 Å². The zero-order valence-corrected chi connectivity index (χ0v) is 18.5. The van der Waals surface area contributed by atoms with Gasteiger partial charge in [-0.3, -0.25) is 9.59 Å². The lowest BCUT2D eigenvalue weighted by atomic mass is 9.94. The fourth-order valence-corrected chi connectivity index (χ4v) is 3.67. The summed E-state index contributed by atoms with van der Waals surface area (Å²) in [6.07, 6.45) is 0. The van der Waals surface area contributed by atoms with Gasteiger partial charge < -0.3 is 20.3 Å². The SMILES string of the molecule is COc1cc(C(=O)N2CCN(C(=O)C(C)C(N)c3ccccc3)CC2)ccc1C.Cl. The lowest BCUT2D eigenvalue weighted by molar-refractivity contribution is -0.137.